The van der Waals surface area contributed by atoms with Crippen LogP contribution in [0.2, 0.25) is 0 Å². The minimum Gasteiger partial charge on any atom is -0.508 e. The fourth-order valence-electron chi connectivity index (χ4n) is 1.65. The molecule has 0 bridgehead atoms. The van der Waals surface area contributed by atoms with Crippen LogP contribution in [-0.4, -0.2) is 23.8 Å². The van der Waals surface area contributed by atoms with Crippen molar-refractivity contribution in [3.05, 3.63) is 72.3 Å². The van der Waals surface area contributed by atoms with Crippen molar-refractivity contribution in [3.63, 3.8) is 0 Å². The summed E-state index contributed by atoms with van der Waals surface area (Å²) in [6, 6.07) is 13.2. The Bertz CT molecular complexity index is 661. The number of hydrazone groups is 1. The standard InChI is InChI=1S/C17H16N2O3/c1-2-11-22-16-9-5-14(6-10-16)17(21)19-18-12-13-3-7-15(20)8-4-13/h2-10,12,20H,1,11H2,(H,19,21)/b18-12+. The van der Waals surface area contributed by atoms with Crippen molar-refractivity contribution in [2.24, 2.45) is 5.10 Å². The van der Waals surface area contributed by atoms with Crippen molar-refractivity contribution >= 4 is 12.1 Å². The van der Waals surface area contributed by atoms with E-state index in [1.165, 1.54) is 6.21 Å². The van der Waals surface area contributed by atoms with Crippen LogP contribution in [0.1, 0.15) is 15.9 Å². The Balaban J connectivity index is 1.91. The van der Waals surface area contributed by atoms with Crippen LogP contribution < -0.4 is 10.2 Å². The van der Waals surface area contributed by atoms with Crippen LogP contribution in [0.4, 0.5) is 0 Å². The lowest BCUT2D eigenvalue weighted by Crippen LogP contribution is -2.17. The zero-order chi connectivity index (χ0) is 15.8. The van der Waals surface area contributed by atoms with Gasteiger partial charge in [-0.3, -0.25) is 4.79 Å². The molecule has 0 aliphatic carbocycles. The average Bonchev–Trinajstić information content (AvgIpc) is 2.55. The number of rotatable bonds is 6. The highest BCUT2D eigenvalue weighted by Crippen LogP contribution is 2.12. The van der Waals surface area contributed by atoms with Gasteiger partial charge in [0.2, 0.25) is 0 Å². The van der Waals surface area contributed by atoms with Gasteiger partial charge in [-0.1, -0.05) is 12.7 Å². The maximum Gasteiger partial charge on any atom is 0.271 e. The van der Waals surface area contributed by atoms with Gasteiger partial charge in [0.15, 0.2) is 0 Å². The van der Waals surface area contributed by atoms with Crippen molar-refractivity contribution in [1.82, 2.24) is 5.43 Å². The van der Waals surface area contributed by atoms with Crippen LogP contribution in [0.5, 0.6) is 11.5 Å². The lowest BCUT2D eigenvalue weighted by atomic mass is 10.2. The van der Waals surface area contributed by atoms with E-state index in [0.29, 0.717) is 17.9 Å². The number of benzene rings is 2. The molecule has 0 heterocycles. The third kappa shape index (κ3) is 4.49. The van der Waals surface area contributed by atoms with Crippen LogP contribution in [0, 0.1) is 0 Å². The van der Waals surface area contributed by atoms with Crippen LogP contribution in [0.15, 0.2) is 66.3 Å². The van der Waals surface area contributed by atoms with Gasteiger partial charge in [-0.15, -0.1) is 0 Å². The predicted octanol–water partition coefficient (Wildman–Crippen LogP) is 2.72. The van der Waals surface area contributed by atoms with Gasteiger partial charge in [0.05, 0.1) is 6.21 Å². The third-order valence-electron chi connectivity index (χ3n) is 2.76. The lowest BCUT2D eigenvalue weighted by Gasteiger charge is -2.04. The van der Waals surface area contributed by atoms with E-state index in [1.807, 2.05) is 0 Å². The quantitative estimate of drug-likeness (QED) is 0.489. The molecule has 0 aliphatic rings. The highest BCUT2D eigenvalue weighted by molar-refractivity contribution is 5.95. The highest BCUT2D eigenvalue weighted by atomic mass is 16.5. The van der Waals surface area contributed by atoms with E-state index in [4.69, 9.17) is 9.84 Å². The normalized spacial score (nSPS) is 10.4. The van der Waals surface area contributed by atoms with Gasteiger partial charge in [-0.2, -0.15) is 5.10 Å². The Morgan fingerprint density at radius 3 is 2.50 bits per heavy atom. The second-order valence-electron chi connectivity index (χ2n) is 4.41. The largest absolute Gasteiger partial charge is 0.508 e. The molecule has 0 radical (unpaired) electrons. The summed E-state index contributed by atoms with van der Waals surface area (Å²) in [5, 5.41) is 13.0. The first-order valence-corrected chi connectivity index (χ1v) is 6.65. The molecule has 0 fully saturated rings. The van der Waals surface area contributed by atoms with E-state index in [2.05, 4.69) is 17.1 Å². The second-order valence-corrected chi connectivity index (χ2v) is 4.41. The van der Waals surface area contributed by atoms with Crippen molar-refractivity contribution in [3.8, 4) is 11.5 Å². The Hall–Kier alpha value is -3.08. The van der Waals surface area contributed by atoms with Crippen molar-refractivity contribution < 1.29 is 14.6 Å². The van der Waals surface area contributed by atoms with Gasteiger partial charge in [0, 0.05) is 5.56 Å². The number of phenolic OH excluding ortho intramolecular Hbond substituents is 1. The summed E-state index contributed by atoms with van der Waals surface area (Å²) in [7, 11) is 0. The van der Waals surface area contributed by atoms with E-state index < -0.39 is 0 Å². The van der Waals surface area contributed by atoms with Gasteiger partial charge in [0.1, 0.15) is 18.1 Å². The van der Waals surface area contributed by atoms with Gasteiger partial charge in [-0.25, -0.2) is 5.43 Å². The number of carbonyl (C=O) groups is 1. The number of nitrogens with zero attached hydrogens (tertiary/aromatic N) is 1. The summed E-state index contributed by atoms with van der Waals surface area (Å²) in [5.74, 6) is 0.536. The minimum atomic E-state index is -0.315. The molecule has 0 aromatic heterocycles. The molecular formula is C17H16N2O3. The summed E-state index contributed by atoms with van der Waals surface area (Å²) in [4.78, 5) is 11.9. The number of carbonyl (C=O) groups excluding carboxylic acids is 1. The van der Waals surface area contributed by atoms with Crippen molar-refractivity contribution in [1.29, 1.82) is 0 Å². The molecule has 0 unspecified atom stereocenters. The monoisotopic (exact) mass is 296 g/mol. The SMILES string of the molecule is C=CCOc1ccc(C(=O)N/N=C/c2ccc(O)cc2)cc1. The summed E-state index contributed by atoms with van der Waals surface area (Å²) >= 11 is 0. The van der Waals surface area contributed by atoms with E-state index in [0.717, 1.165) is 5.56 Å². The number of ether oxygens (including phenoxy) is 1. The van der Waals surface area contributed by atoms with Gasteiger partial charge >= 0.3 is 0 Å². The fourth-order valence-corrected chi connectivity index (χ4v) is 1.65. The maximum atomic E-state index is 11.9. The number of phenols is 1. The maximum absolute atomic E-state index is 11.9. The van der Waals surface area contributed by atoms with Crippen LogP contribution in [-0.2, 0) is 0 Å². The molecule has 0 atom stereocenters. The fraction of sp³-hybridized carbons (Fsp3) is 0.0588. The minimum absolute atomic E-state index is 0.181. The Kier molecular flexibility index (Phi) is 5.31. The molecule has 1 amide bonds. The smallest absolute Gasteiger partial charge is 0.271 e. The van der Waals surface area contributed by atoms with Gasteiger partial charge in [-0.05, 0) is 54.1 Å². The van der Waals surface area contributed by atoms with Crippen LogP contribution in [0.25, 0.3) is 0 Å². The second kappa shape index (κ2) is 7.64. The Morgan fingerprint density at radius 1 is 1.18 bits per heavy atom. The molecule has 2 aromatic carbocycles. The van der Waals surface area contributed by atoms with Crippen LogP contribution in [0.3, 0.4) is 0 Å². The first-order valence-electron chi connectivity index (χ1n) is 6.65. The Labute approximate surface area is 128 Å². The summed E-state index contributed by atoms with van der Waals surface area (Å²) < 4.78 is 5.34. The third-order valence-corrected chi connectivity index (χ3v) is 2.76. The van der Waals surface area contributed by atoms with Crippen LogP contribution >= 0.6 is 0 Å². The van der Waals surface area contributed by atoms with Gasteiger partial charge < -0.3 is 9.84 Å². The molecule has 22 heavy (non-hydrogen) atoms. The number of amides is 1. The van der Waals surface area contributed by atoms with Crippen molar-refractivity contribution in [2.75, 3.05) is 6.61 Å². The summed E-state index contributed by atoms with van der Waals surface area (Å²) in [6.07, 6.45) is 3.15. The molecular weight excluding hydrogens is 280 g/mol. The molecule has 0 spiro atoms. The molecule has 2 N–H and O–H groups in total. The van der Waals surface area contributed by atoms with Gasteiger partial charge in [0.25, 0.3) is 5.91 Å². The molecule has 5 nitrogen and oxygen atoms in total. The number of hydrogen-bond donors (Lipinski definition) is 2. The number of hydrogen-bond acceptors (Lipinski definition) is 4. The summed E-state index contributed by atoms with van der Waals surface area (Å²) in [6.45, 7) is 3.99. The number of nitrogens with one attached hydrogen (secondary N) is 1. The average molecular weight is 296 g/mol. The predicted molar refractivity (Wildman–Crippen MR) is 85.3 cm³/mol. The van der Waals surface area contributed by atoms with Crippen molar-refractivity contribution in [2.45, 2.75) is 0 Å². The molecule has 5 heteroatoms. The molecule has 2 aromatic rings. The van der Waals surface area contributed by atoms with E-state index >= 15 is 0 Å². The Morgan fingerprint density at radius 2 is 1.86 bits per heavy atom. The summed E-state index contributed by atoms with van der Waals surface area (Å²) in [5.41, 5.74) is 3.69. The topological polar surface area (TPSA) is 70.9 Å². The van der Waals surface area contributed by atoms with E-state index in [1.54, 1.807) is 54.6 Å². The molecule has 0 aliphatic heterocycles. The first kappa shape index (κ1) is 15.3. The molecule has 0 saturated carbocycles. The lowest BCUT2D eigenvalue weighted by molar-refractivity contribution is 0.0955. The van der Waals surface area contributed by atoms with E-state index in [-0.39, 0.29) is 11.7 Å². The molecule has 112 valence electrons. The zero-order valence-corrected chi connectivity index (χ0v) is 11.9. The first-order chi connectivity index (χ1) is 10.7. The highest BCUT2D eigenvalue weighted by Gasteiger charge is 2.04. The number of aromatic hydroxyl groups is 1. The zero-order valence-electron chi connectivity index (χ0n) is 11.9. The van der Waals surface area contributed by atoms with E-state index in [9.17, 15) is 4.79 Å². The molecule has 2 rings (SSSR count). The molecule has 0 saturated heterocycles.